The fourth-order valence-electron chi connectivity index (χ4n) is 1.10. The van der Waals surface area contributed by atoms with Crippen LogP contribution in [0.3, 0.4) is 0 Å². The van der Waals surface area contributed by atoms with Crippen molar-refractivity contribution in [3.05, 3.63) is 24.3 Å². The second kappa shape index (κ2) is 6.53. The maximum atomic E-state index is 11.7. The maximum Gasteiger partial charge on any atom is 0.199 e. The Morgan fingerprint density at radius 3 is 3.00 bits per heavy atom. The van der Waals surface area contributed by atoms with Gasteiger partial charge < -0.3 is 5.73 Å². The minimum absolute atomic E-state index is 0.125. The Morgan fingerprint density at radius 2 is 2.40 bits per heavy atom. The summed E-state index contributed by atoms with van der Waals surface area (Å²) in [7, 11) is 0. The molecule has 15 heavy (non-hydrogen) atoms. The predicted molar refractivity (Wildman–Crippen MR) is 62.0 cm³/mol. The van der Waals surface area contributed by atoms with E-state index in [0.717, 1.165) is 11.5 Å². The molecule has 1 rings (SSSR count). The highest BCUT2D eigenvalue weighted by atomic mass is 32.2. The van der Waals surface area contributed by atoms with E-state index >= 15 is 0 Å². The Labute approximate surface area is 93.7 Å². The van der Waals surface area contributed by atoms with E-state index in [4.69, 9.17) is 5.73 Å². The van der Waals surface area contributed by atoms with Crippen molar-refractivity contribution in [3.8, 4) is 0 Å². The van der Waals surface area contributed by atoms with E-state index in [1.54, 1.807) is 11.8 Å². The van der Waals surface area contributed by atoms with Gasteiger partial charge in [-0.05, 0) is 17.9 Å². The Kier molecular flexibility index (Phi) is 5.28. The van der Waals surface area contributed by atoms with Crippen LogP contribution in [-0.4, -0.2) is 33.3 Å². The Bertz CT molecular complexity index is 305. The largest absolute Gasteiger partial charge is 0.321 e. The average Bonchev–Trinajstić information content (AvgIpc) is 2.29. The number of carbonyl (C=O) groups excluding carboxylic acids is 1. The zero-order valence-electron chi connectivity index (χ0n) is 8.72. The van der Waals surface area contributed by atoms with Crippen LogP contribution in [0.2, 0.25) is 0 Å². The van der Waals surface area contributed by atoms with Crippen molar-refractivity contribution in [2.24, 2.45) is 5.73 Å². The SMILES string of the molecule is CCSCC[C@H](N)C(=O)c1cnccn1. The third-order valence-corrected chi connectivity index (χ3v) is 2.86. The fourth-order valence-corrected chi connectivity index (χ4v) is 1.81. The highest BCUT2D eigenvalue weighted by molar-refractivity contribution is 7.99. The van der Waals surface area contributed by atoms with Crippen LogP contribution in [0.25, 0.3) is 0 Å². The minimum Gasteiger partial charge on any atom is -0.321 e. The van der Waals surface area contributed by atoms with Gasteiger partial charge in [0.25, 0.3) is 0 Å². The summed E-state index contributed by atoms with van der Waals surface area (Å²) < 4.78 is 0. The van der Waals surface area contributed by atoms with E-state index in [0.29, 0.717) is 12.1 Å². The highest BCUT2D eigenvalue weighted by Gasteiger charge is 2.16. The highest BCUT2D eigenvalue weighted by Crippen LogP contribution is 2.06. The van der Waals surface area contributed by atoms with Gasteiger partial charge in [-0.3, -0.25) is 9.78 Å². The first-order chi connectivity index (χ1) is 7.25. The molecule has 0 aliphatic heterocycles. The molecule has 0 unspecified atom stereocenters. The third kappa shape index (κ3) is 3.97. The van der Waals surface area contributed by atoms with Crippen molar-refractivity contribution in [2.45, 2.75) is 19.4 Å². The molecule has 5 heteroatoms. The van der Waals surface area contributed by atoms with E-state index < -0.39 is 6.04 Å². The number of nitrogens with zero attached hydrogens (tertiary/aromatic N) is 2. The van der Waals surface area contributed by atoms with Gasteiger partial charge in [0.15, 0.2) is 5.78 Å². The van der Waals surface area contributed by atoms with Gasteiger partial charge in [0.2, 0.25) is 0 Å². The van der Waals surface area contributed by atoms with Crippen LogP contribution in [-0.2, 0) is 0 Å². The molecular formula is C10H15N3OS. The van der Waals surface area contributed by atoms with Gasteiger partial charge in [-0.15, -0.1) is 0 Å². The van der Waals surface area contributed by atoms with Crippen LogP contribution in [0.5, 0.6) is 0 Å². The molecule has 4 nitrogen and oxygen atoms in total. The number of hydrogen-bond donors (Lipinski definition) is 1. The minimum atomic E-state index is -0.458. The summed E-state index contributed by atoms with van der Waals surface area (Å²) in [4.78, 5) is 19.5. The van der Waals surface area contributed by atoms with E-state index in [9.17, 15) is 4.79 Å². The molecule has 1 aromatic heterocycles. The molecule has 1 aromatic rings. The second-order valence-electron chi connectivity index (χ2n) is 3.05. The van der Waals surface area contributed by atoms with Crippen molar-refractivity contribution in [1.29, 1.82) is 0 Å². The van der Waals surface area contributed by atoms with Gasteiger partial charge >= 0.3 is 0 Å². The lowest BCUT2D eigenvalue weighted by molar-refractivity contribution is 0.0954. The van der Waals surface area contributed by atoms with Crippen LogP contribution in [0.15, 0.2) is 18.6 Å². The number of aromatic nitrogens is 2. The molecule has 0 radical (unpaired) electrons. The van der Waals surface area contributed by atoms with Gasteiger partial charge in [-0.25, -0.2) is 4.98 Å². The maximum absolute atomic E-state index is 11.7. The standard InChI is InChI=1S/C10H15N3OS/c1-2-15-6-3-8(11)10(14)9-7-12-4-5-13-9/h4-5,7-8H,2-3,6,11H2,1H3/t8-/m0/s1. The Morgan fingerprint density at radius 1 is 1.60 bits per heavy atom. The summed E-state index contributed by atoms with van der Waals surface area (Å²) in [6, 6.07) is -0.458. The molecule has 0 spiro atoms. The number of hydrogen-bond acceptors (Lipinski definition) is 5. The van der Waals surface area contributed by atoms with Crippen molar-refractivity contribution in [2.75, 3.05) is 11.5 Å². The molecule has 1 atom stereocenters. The Hall–Kier alpha value is -0.940. The lowest BCUT2D eigenvalue weighted by atomic mass is 10.1. The topological polar surface area (TPSA) is 68.9 Å². The number of Topliss-reactive ketones (excluding diaryl/α,β-unsaturated/α-hetero) is 1. The van der Waals surface area contributed by atoms with Gasteiger partial charge in [0.1, 0.15) is 5.69 Å². The van der Waals surface area contributed by atoms with E-state index in [2.05, 4.69) is 16.9 Å². The molecule has 0 aromatic carbocycles. The molecule has 1 heterocycles. The lowest BCUT2D eigenvalue weighted by Gasteiger charge is -2.08. The monoisotopic (exact) mass is 225 g/mol. The molecule has 0 saturated heterocycles. The first-order valence-corrected chi connectivity index (χ1v) is 6.04. The number of thioether (sulfide) groups is 1. The zero-order valence-corrected chi connectivity index (χ0v) is 9.54. The molecule has 0 saturated carbocycles. The molecule has 0 fully saturated rings. The van der Waals surface area contributed by atoms with Crippen LogP contribution in [0, 0.1) is 0 Å². The molecular weight excluding hydrogens is 210 g/mol. The Balaban J connectivity index is 2.46. The molecule has 82 valence electrons. The van der Waals surface area contributed by atoms with Crippen LogP contribution in [0.4, 0.5) is 0 Å². The first-order valence-electron chi connectivity index (χ1n) is 4.89. The van der Waals surface area contributed by atoms with Gasteiger partial charge in [-0.2, -0.15) is 11.8 Å². The summed E-state index contributed by atoms with van der Waals surface area (Å²) in [6.45, 7) is 2.08. The van der Waals surface area contributed by atoms with Crippen LogP contribution >= 0.6 is 11.8 Å². The number of ketones is 1. The summed E-state index contributed by atoms with van der Waals surface area (Å²) in [5.74, 6) is 1.83. The van der Waals surface area contributed by atoms with Crippen LogP contribution in [0.1, 0.15) is 23.8 Å². The van der Waals surface area contributed by atoms with Crippen LogP contribution < -0.4 is 5.73 Å². The second-order valence-corrected chi connectivity index (χ2v) is 4.44. The van der Waals surface area contributed by atoms with E-state index in [1.807, 2.05) is 0 Å². The molecule has 0 aliphatic rings. The quantitative estimate of drug-likeness (QED) is 0.580. The summed E-state index contributed by atoms with van der Waals surface area (Å²) >= 11 is 1.78. The first kappa shape index (κ1) is 12.1. The third-order valence-electron chi connectivity index (χ3n) is 1.93. The average molecular weight is 225 g/mol. The van der Waals surface area contributed by atoms with Gasteiger partial charge in [0.05, 0.1) is 12.2 Å². The van der Waals surface area contributed by atoms with Crippen molar-refractivity contribution < 1.29 is 4.79 Å². The van der Waals surface area contributed by atoms with Crippen molar-refractivity contribution in [1.82, 2.24) is 9.97 Å². The lowest BCUT2D eigenvalue weighted by Crippen LogP contribution is -2.31. The van der Waals surface area contributed by atoms with Gasteiger partial charge in [-0.1, -0.05) is 6.92 Å². The number of nitrogens with two attached hydrogens (primary N) is 1. The van der Waals surface area contributed by atoms with Crippen molar-refractivity contribution in [3.63, 3.8) is 0 Å². The molecule has 0 aliphatic carbocycles. The predicted octanol–water partition coefficient (Wildman–Crippen LogP) is 1.13. The van der Waals surface area contributed by atoms with E-state index in [1.165, 1.54) is 18.6 Å². The molecule has 2 N–H and O–H groups in total. The summed E-state index contributed by atoms with van der Waals surface area (Å²) in [5, 5.41) is 0. The van der Waals surface area contributed by atoms with Gasteiger partial charge in [0, 0.05) is 12.4 Å². The zero-order chi connectivity index (χ0) is 11.1. The molecule has 0 amide bonds. The van der Waals surface area contributed by atoms with Crippen molar-refractivity contribution >= 4 is 17.5 Å². The molecule has 0 bridgehead atoms. The number of rotatable bonds is 6. The smallest absolute Gasteiger partial charge is 0.199 e. The summed E-state index contributed by atoms with van der Waals surface area (Å²) in [6.07, 6.45) is 5.18. The normalized spacial score (nSPS) is 12.4. The number of carbonyl (C=O) groups is 1. The van der Waals surface area contributed by atoms with E-state index in [-0.39, 0.29) is 5.78 Å². The fraction of sp³-hybridized carbons (Fsp3) is 0.500. The summed E-state index contributed by atoms with van der Waals surface area (Å²) in [5.41, 5.74) is 6.11.